The molecule has 0 aromatic heterocycles. The number of allylic oxidation sites excluding steroid dienone is 1. The summed E-state index contributed by atoms with van der Waals surface area (Å²) in [6.07, 6.45) is 1.52. The number of nitrogens with one attached hydrogen (secondary N) is 3. The minimum Gasteiger partial charge on any atom is -0.493 e. The zero-order chi connectivity index (χ0) is 10.1. The van der Waals surface area contributed by atoms with Crippen LogP contribution in [0, 0.1) is 0 Å². The van der Waals surface area contributed by atoms with Gasteiger partial charge in [0.05, 0.1) is 0 Å². The van der Waals surface area contributed by atoms with Crippen LogP contribution in [0.2, 0.25) is 0 Å². The van der Waals surface area contributed by atoms with Gasteiger partial charge in [-0.25, -0.2) is 0 Å². The standard InChI is InChI=1S/C7H15FN3OP/c1-4-7(2)12-6-5-10-13(9-3)11-8/h4,9-11H,1-2,5-6H2,3H3. The van der Waals surface area contributed by atoms with E-state index in [1.165, 1.54) is 6.08 Å². The Morgan fingerprint density at radius 1 is 1.69 bits per heavy atom. The Morgan fingerprint density at radius 3 is 2.85 bits per heavy atom. The summed E-state index contributed by atoms with van der Waals surface area (Å²) in [5.74, 6) is 0.517. The normalized spacial score (nSPS) is 12.2. The molecule has 0 rings (SSSR count). The Morgan fingerprint density at radius 2 is 2.38 bits per heavy atom. The largest absolute Gasteiger partial charge is 0.493 e. The van der Waals surface area contributed by atoms with Crippen molar-refractivity contribution in [1.82, 2.24) is 15.5 Å². The van der Waals surface area contributed by atoms with E-state index in [4.69, 9.17) is 4.74 Å². The Balaban J connectivity index is 3.33. The predicted octanol–water partition coefficient (Wildman–Crippen LogP) is 1.21. The van der Waals surface area contributed by atoms with Crippen molar-refractivity contribution in [3.63, 3.8) is 0 Å². The molecule has 0 aliphatic rings. The summed E-state index contributed by atoms with van der Waals surface area (Å²) in [6.45, 7) is 8.02. The maximum atomic E-state index is 11.9. The summed E-state index contributed by atoms with van der Waals surface area (Å²) in [7, 11) is 0.518. The second-order valence-corrected chi connectivity index (χ2v) is 3.67. The smallest absolute Gasteiger partial charge is 0.141 e. The van der Waals surface area contributed by atoms with Gasteiger partial charge in [-0.15, -0.1) is 9.79 Å². The first kappa shape index (κ1) is 12.5. The van der Waals surface area contributed by atoms with Crippen LogP contribution in [-0.2, 0) is 4.74 Å². The average molecular weight is 207 g/mol. The van der Waals surface area contributed by atoms with Crippen LogP contribution in [0.15, 0.2) is 25.0 Å². The van der Waals surface area contributed by atoms with Gasteiger partial charge in [-0.05, 0) is 13.1 Å². The molecule has 13 heavy (non-hydrogen) atoms. The maximum absolute atomic E-state index is 11.9. The summed E-state index contributed by atoms with van der Waals surface area (Å²) < 4.78 is 17.0. The lowest BCUT2D eigenvalue weighted by Gasteiger charge is -2.13. The van der Waals surface area contributed by atoms with E-state index in [1.807, 2.05) is 0 Å². The summed E-state index contributed by atoms with van der Waals surface area (Å²) in [6, 6.07) is 0. The van der Waals surface area contributed by atoms with Crippen molar-refractivity contribution in [3.05, 3.63) is 25.0 Å². The highest BCUT2D eigenvalue weighted by Gasteiger charge is 2.01. The molecule has 0 saturated heterocycles. The third kappa shape index (κ3) is 6.66. The van der Waals surface area contributed by atoms with Gasteiger partial charge in [-0.2, -0.15) is 0 Å². The van der Waals surface area contributed by atoms with Crippen molar-refractivity contribution in [1.29, 1.82) is 0 Å². The van der Waals surface area contributed by atoms with Gasteiger partial charge in [0.2, 0.25) is 0 Å². The Bertz CT molecular complexity index is 164. The van der Waals surface area contributed by atoms with Gasteiger partial charge >= 0.3 is 0 Å². The van der Waals surface area contributed by atoms with Crippen LogP contribution in [0.5, 0.6) is 0 Å². The van der Waals surface area contributed by atoms with Gasteiger partial charge in [0.1, 0.15) is 20.7 Å². The molecule has 0 heterocycles. The number of ether oxygens (including phenoxy) is 1. The first-order chi connectivity index (χ1) is 6.24. The first-order valence-corrected chi connectivity index (χ1v) is 5.10. The zero-order valence-corrected chi connectivity index (χ0v) is 8.53. The highest BCUT2D eigenvalue weighted by molar-refractivity contribution is 7.50. The van der Waals surface area contributed by atoms with Gasteiger partial charge < -0.3 is 4.74 Å². The number of halogens is 1. The Kier molecular flexibility index (Phi) is 7.83. The summed E-state index contributed by atoms with van der Waals surface area (Å²) in [5.41, 5.74) is 0. The van der Waals surface area contributed by atoms with Crippen LogP contribution in [0.25, 0.3) is 0 Å². The number of rotatable bonds is 8. The van der Waals surface area contributed by atoms with Gasteiger partial charge in [-0.1, -0.05) is 13.2 Å². The highest BCUT2D eigenvalue weighted by Crippen LogP contribution is 2.15. The molecule has 1 atom stereocenters. The molecule has 0 amide bonds. The Hall–Kier alpha value is -0.480. The second kappa shape index (κ2) is 8.13. The first-order valence-electron chi connectivity index (χ1n) is 3.76. The molecule has 1 unspecified atom stereocenters. The van der Waals surface area contributed by atoms with E-state index in [9.17, 15) is 4.48 Å². The lowest BCUT2D eigenvalue weighted by molar-refractivity contribution is 0.232. The summed E-state index contributed by atoms with van der Waals surface area (Å²) in [5, 5.41) is 7.19. The third-order valence-corrected chi connectivity index (χ3v) is 2.35. The molecular weight excluding hydrogens is 192 g/mol. The number of hydrogen-bond donors (Lipinski definition) is 3. The fourth-order valence-corrected chi connectivity index (χ4v) is 1.17. The molecule has 0 saturated carbocycles. The van der Waals surface area contributed by atoms with Crippen molar-refractivity contribution in [2.24, 2.45) is 0 Å². The van der Waals surface area contributed by atoms with E-state index in [-0.39, 0.29) is 0 Å². The minimum absolute atomic E-state index is 0.438. The van der Waals surface area contributed by atoms with Crippen LogP contribution in [-0.4, -0.2) is 20.2 Å². The topological polar surface area (TPSA) is 45.3 Å². The molecule has 0 aliphatic carbocycles. The van der Waals surface area contributed by atoms with Gasteiger partial charge in [0.15, 0.2) is 0 Å². The minimum atomic E-state index is -1.14. The molecule has 0 aliphatic heterocycles. The van der Waals surface area contributed by atoms with E-state index in [2.05, 4.69) is 23.3 Å². The zero-order valence-electron chi connectivity index (χ0n) is 7.64. The number of hydrogen-bond acceptors (Lipinski definition) is 4. The maximum Gasteiger partial charge on any atom is 0.141 e. The molecule has 4 nitrogen and oxygen atoms in total. The van der Waals surface area contributed by atoms with Crippen LogP contribution < -0.4 is 15.5 Å². The van der Waals surface area contributed by atoms with Crippen molar-refractivity contribution >= 4 is 8.37 Å². The fourth-order valence-electron chi connectivity index (χ4n) is 0.550. The van der Waals surface area contributed by atoms with Crippen molar-refractivity contribution in [2.75, 3.05) is 20.2 Å². The molecule has 6 heteroatoms. The molecular formula is C7H15FN3OP. The van der Waals surface area contributed by atoms with E-state index >= 15 is 0 Å². The van der Waals surface area contributed by atoms with Crippen LogP contribution in [0.4, 0.5) is 4.48 Å². The summed E-state index contributed by atoms with van der Waals surface area (Å²) >= 11 is 0. The monoisotopic (exact) mass is 207 g/mol. The van der Waals surface area contributed by atoms with Crippen LogP contribution in [0.3, 0.4) is 0 Å². The predicted molar refractivity (Wildman–Crippen MR) is 53.5 cm³/mol. The fraction of sp³-hybridized carbons (Fsp3) is 0.429. The van der Waals surface area contributed by atoms with E-state index in [0.29, 0.717) is 18.9 Å². The van der Waals surface area contributed by atoms with Gasteiger partial charge in [0.25, 0.3) is 0 Å². The van der Waals surface area contributed by atoms with E-state index in [1.54, 1.807) is 12.4 Å². The molecule has 0 radical (unpaired) electrons. The molecule has 0 fully saturated rings. The molecule has 0 aromatic carbocycles. The van der Waals surface area contributed by atoms with Gasteiger partial charge in [0, 0.05) is 6.54 Å². The SMILES string of the molecule is C=CC(=C)OCCNP(NC)NF. The van der Waals surface area contributed by atoms with Crippen molar-refractivity contribution in [2.45, 2.75) is 0 Å². The molecule has 0 spiro atoms. The Labute approximate surface area is 79.1 Å². The molecule has 76 valence electrons. The average Bonchev–Trinajstić information content (AvgIpc) is 2.18. The van der Waals surface area contributed by atoms with E-state index in [0.717, 1.165) is 0 Å². The molecule has 0 aromatic rings. The van der Waals surface area contributed by atoms with Crippen molar-refractivity contribution < 1.29 is 9.22 Å². The molecule has 3 N–H and O–H groups in total. The highest BCUT2D eigenvalue weighted by atomic mass is 31.1. The lowest BCUT2D eigenvalue weighted by atomic mass is 10.5. The van der Waals surface area contributed by atoms with E-state index < -0.39 is 8.37 Å². The second-order valence-electron chi connectivity index (χ2n) is 2.07. The van der Waals surface area contributed by atoms with Crippen LogP contribution >= 0.6 is 8.37 Å². The lowest BCUT2D eigenvalue weighted by Crippen LogP contribution is -2.24. The third-order valence-electron chi connectivity index (χ3n) is 1.20. The van der Waals surface area contributed by atoms with Crippen LogP contribution in [0.1, 0.15) is 0 Å². The van der Waals surface area contributed by atoms with Crippen molar-refractivity contribution in [3.8, 4) is 0 Å². The molecule has 0 bridgehead atoms. The van der Waals surface area contributed by atoms with Gasteiger partial charge in [-0.3, -0.25) is 10.2 Å². The quantitative estimate of drug-likeness (QED) is 0.184. The summed E-state index contributed by atoms with van der Waals surface area (Å²) in [4.78, 5) is 0.